The molecular formula is C7H7NO5P2S+2. The molecule has 1 aromatic rings. The lowest BCUT2D eigenvalue weighted by atomic mass is 10.3. The van der Waals surface area contributed by atoms with Crippen LogP contribution in [0, 0.1) is 0 Å². The third kappa shape index (κ3) is 9.65. The molecule has 0 radical (unpaired) electrons. The Balaban J connectivity index is 0.000000293. The molecule has 0 spiro atoms. The number of para-hydroxylation sites is 1. The maximum Gasteiger partial charge on any atom is 0.745 e. The van der Waals surface area contributed by atoms with E-state index in [4.69, 9.17) is 9.79 Å². The predicted octanol–water partition coefficient (Wildman–Crippen LogP) is 2.72. The zero-order chi connectivity index (χ0) is 12.4. The van der Waals surface area contributed by atoms with Gasteiger partial charge in [-0.2, -0.15) is 4.99 Å². The molecule has 2 unspecified atom stereocenters. The zero-order valence-electron chi connectivity index (χ0n) is 7.76. The van der Waals surface area contributed by atoms with Crippen molar-refractivity contribution < 1.29 is 23.2 Å². The van der Waals surface area contributed by atoms with Crippen LogP contribution in [-0.2, 0) is 13.4 Å². The molecule has 0 aliphatic heterocycles. The second-order valence-electron chi connectivity index (χ2n) is 2.10. The fraction of sp³-hybridized carbons (Fsp3) is 0. The summed E-state index contributed by atoms with van der Waals surface area (Å²) in [6.45, 7) is 0. The SMILES string of the molecule is O=[P+](O)O[P+](=O)O.S=C=Nc1ccccc1. The number of nitrogens with zero attached hydrogens (tertiary/aromatic N) is 1. The zero-order valence-corrected chi connectivity index (χ0v) is 10.4. The van der Waals surface area contributed by atoms with Crippen LogP contribution in [0.15, 0.2) is 35.3 Å². The minimum Gasteiger partial charge on any atom is -0.195 e. The summed E-state index contributed by atoms with van der Waals surface area (Å²) in [5, 5.41) is 2.29. The topological polar surface area (TPSA) is 96.2 Å². The minimum atomic E-state index is -2.92. The molecular weight excluding hydrogens is 272 g/mol. The number of rotatable bonds is 3. The maximum absolute atomic E-state index is 9.39. The van der Waals surface area contributed by atoms with Crippen molar-refractivity contribution in [2.45, 2.75) is 0 Å². The van der Waals surface area contributed by atoms with E-state index < -0.39 is 16.5 Å². The number of hydrogen-bond donors (Lipinski definition) is 2. The molecule has 16 heavy (non-hydrogen) atoms. The predicted molar refractivity (Wildman–Crippen MR) is 61.9 cm³/mol. The lowest BCUT2D eigenvalue weighted by Gasteiger charge is -1.83. The standard InChI is InChI=1S/C7H5NS.O5P2/c9-6-8-7-4-2-1-3-5-7;1-6(2)5-7(3)4/h1-5H;/p+2. The van der Waals surface area contributed by atoms with Crippen LogP contribution < -0.4 is 0 Å². The van der Waals surface area contributed by atoms with E-state index >= 15 is 0 Å². The van der Waals surface area contributed by atoms with Gasteiger partial charge in [0, 0.05) is 9.13 Å². The molecule has 0 aliphatic carbocycles. The Morgan fingerprint density at radius 2 is 1.69 bits per heavy atom. The fourth-order valence-electron chi connectivity index (χ4n) is 0.615. The lowest BCUT2D eigenvalue weighted by molar-refractivity contribution is 0.371. The van der Waals surface area contributed by atoms with Gasteiger partial charge in [0.05, 0.1) is 10.8 Å². The van der Waals surface area contributed by atoms with Gasteiger partial charge in [-0.1, -0.05) is 18.2 Å². The van der Waals surface area contributed by atoms with E-state index in [2.05, 4.69) is 26.7 Å². The Bertz CT molecular complexity index is 394. The van der Waals surface area contributed by atoms with Crippen molar-refractivity contribution in [3.8, 4) is 0 Å². The lowest BCUT2D eigenvalue weighted by Crippen LogP contribution is -1.58. The summed E-state index contributed by atoms with van der Waals surface area (Å²) < 4.78 is 22.2. The van der Waals surface area contributed by atoms with Crippen molar-refractivity contribution in [2.75, 3.05) is 0 Å². The summed E-state index contributed by atoms with van der Waals surface area (Å²) in [6, 6.07) is 9.50. The van der Waals surface area contributed by atoms with E-state index in [0.29, 0.717) is 0 Å². The van der Waals surface area contributed by atoms with Crippen molar-refractivity contribution in [1.82, 2.24) is 0 Å². The Labute approximate surface area is 98.5 Å². The van der Waals surface area contributed by atoms with Gasteiger partial charge in [0.25, 0.3) is 0 Å². The highest BCUT2D eigenvalue weighted by Crippen LogP contribution is 2.30. The Kier molecular flexibility index (Phi) is 8.81. The fourth-order valence-corrected chi connectivity index (χ4v) is 1.20. The van der Waals surface area contributed by atoms with Crippen molar-refractivity contribution in [3.63, 3.8) is 0 Å². The number of isothiocyanates is 1. The molecule has 0 aliphatic rings. The quantitative estimate of drug-likeness (QED) is 0.501. The van der Waals surface area contributed by atoms with Crippen LogP contribution in [0.5, 0.6) is 0 Å². The van der Waals surface area contributed by atoms with Gasteiger partial charge in [-0.3, -0.25) is 0 Å². The first-order chi connectivity index (χ1) is 7.56. The molecule has 2 atom stereocenters. The van der Waals surface area contributed by atoms with Gasteiger partial charge in [-0.05, 0) is 24.4 Å². The second kappa shape index (κ2) is 9.33. The van der Waals surface area contributed by atoms with Crippen LogP contribution >= 0.6 is 28.7 Å². The number of thiocarbonyl (C=S) groups is 1. The van der Waals surface area contributed by atoms with Crippen LogP contribution in [0.3, 0.4) is 0 Å². The van der Waals surface area contributed by atoms with Gasteiger partial charge in [0.1, 0.15) is 0 Å². The average molecular weight is 279 g/mol. The van der Waals surface area contributed by atoms with Crippen LogP contribution in [0.1, 0.15) is 0 Å². The van der Waals surface area contributed by atoms with E-state index in [1.165, 1.54) is 0 Å². The van der Waals surface area contributed by atoms with E-state index in [0.717, 1.165) is 5.69 Å². The highest BCUT2D eigenvalue weighted by Gasteiger charge is 2.31. The highest BCUT2D eigenvalue weighted by atomic mass is 32.1. The van der Waals surface area contributed by atoms with Crippen LogP contribution in [0.25, 0.3) is 0 Å². The van der Waals surface area contributed by atoms with Gasteiger partial charge in [0.2, 0.25) is 0 Å². The van der Waals surface area contributed by atoms with Crippen molar-refractivity contribution in [1.29, 1.82) is 0 Å². The van der Waals surface area contributed by atoms with E-state index in [1.807, 2.05) is 30.3 Å². The first-order valence-electron chi connectivity index (χ1n) is 3.69. The van der Waals surface area contributed by atoms with E-state index in [9.17, 15) is 9.13 Å². The first kappa shape index (κ1) is 15.1. The molecule has 84 valence electrons. The van der Waals surface area contributed by atoms with Crippen molar-refractivity contribution >= 4 is 39.6 Å². The normalized spacial score (nSPS) is 10.4. The molecule has 9 heteroatoms. The molecule has 0 saturated carbocycles. The number of benzene rings is 1. The van der Waals surface area contributed by atoms with Gasteiger partial charge in [-0.25, -0.2) is 0 Å². The van der Waals surface area contributed by atoms with Gasteiger partial charge in [-0.15, -0.1) is 9.79 Å². The molecule has 0 aromatic heterocycles. The van der Waals surface area contributed by atoms with Gasteiger partial charge in [0.15, 0.2) is 4.31 Å². The summed E-state index contributed by atoms with van der Waals surface area (Å²) in [5.41, 5.74) is 0.854. The molecule has 0 fully saturated rings. The Hall–Kier alpha value is -0.900. The van der Waals surface area contributed by atoms with Gasteiger partial charge < -0.3 is 0 Å². The third-order valence-corrected chi connectivity index (χ3v) is 2.28. The monoisotopic (exact) mass is 279 g/mol. The molecule has 1 aromatic carbocycles. The molecule has 0 bridgehead atoms. The van der Waals surface area contributed by atoms with E-state index in [-0.39, 0.29) is 0 Å². The molecule has 0 amide bonds. The van der Waals surface area contributed by atoms with Crippen LogP contribution in [0.4, 0.5) is 5.69 Å². The summed E-state index contributed by atoms with van der Waals surface area (Å²) in [5.74, 6) is 0. The highest BCUT2D eigenvalue weighted by molar-refractivity contribution is 7.78. The Morgan fingerprint density at radius 3 is 2.00 bits per heavy atom. The number of hydrogen-bond acceptors (Lipinski definition) is 5. The smallest absolute Gasteiger partial charge is 0.195 e. The Morgan fingerprint density at radius 1 is 1.19 bits per heavy atom. The van der Waals surface area contributed by atoms with Crippen molar-refractivity contribution in [3.05, 3.63) is 30.3 Å². The van der Waals surface area contributed by atoms with E-state index in [1.54, 1.807) is 0 Å². The number of aliphatic imine (C=N–C) groups is 1. The molecule has 0 heterocycles. The van der Waals surface area contributed by atoms with Crippen molar-refractivity contribution in [2.24, 2.45) is 4.99 Å². The molecule has 1 rings (SSSR count). The minimum absolute atomic E-state index is 0.854. The molecule has 0 saturated heterocycles. The largest absolute Gasteiger partial charge is 0.745 e. The summed E-state index contributed by atoms with van der Waals surface area (Å²) >= 11 is 4.42. The summed E-state index contributed by atoms with van der Waals surface area (Å²) in [6.07, 6.45) is 0. The summed E-state index contributed by atoms with van der Waals surface area (Å²) in [7, 11) is -5.85. The van der Waals surface area contributed by atoms with Gasteiger partial charge >= 0.3 is 16.5 Å². The van der Waals surface area contributed by atoms with Crippen LogP contribution in [-0.4, -0.2) is 14.9 Å². The average Bonchev–Trinajstić information content (AvgIpc) is 2.18. The van der Waals surface area contributed by atoms with Crippen LogP contribution in [0.2, 0.25) is 0 Å². The molecule has 6 nitrogen and oxygen atoms in total. The summed E-state index contributed by atoms with van der Waals surface area (Å²) in [4.78, 5) is 19.1. The molecule has 2 N–H and O–H groups in total. The third-order valence-electron chi connectivity index (χ3n) is 1.07. The first-order valence-corrected chi connectivity index (χ1v) is 6.36. The second-order valence-corrected chi connectivity index (χ2v) is 3.88. The maximum atomic E-state index is 9.39.